The minimum absolute atomic E-state index is 0.0897. The Labute approximate surface area is 793 Å². The number of carbonyl (C=O) groups is 1. The predicted octanol–water partition coefficient (Wildman–Crippen LogP) is 30.7. The van der Waals surface area contributed by atoms with Crippen LogP contribution < -0.4 is 4.90 Å². The Kier molecular flexibility index (Phi) is 67.8. The van der Waals surface area contributed by atoms with Crippen molar-refractivity contribution >= 4 is 137 Å². The van der Waals surface area contributed by atoms with Crippen LogP contribution in [0.15, 0.2) is 24.3 Å². The summed E-state index contributed by atoms with van der Waals surface area (Å²) in [5.74, 6) is -12.8. The summed E-state index contributed by atoms with van der Waals surface area (Å²) >= 11 is 0. The lowest BCUT2D eigenvalue weighted by atomic mass is 10.1. The van der Waals surface area contributed by atoms with Crippen LogP contribution in [0, 0.1) is 0 Å². The van der Waals surface area contributed by atoms with Gasteiger partial charge in [-0.3, -0.25) is 37.1 Å². The van der Waals surface area contributed by atoms with E-state index in [1.165, 1.54) is 76.5 Å². The van der Waals surface area contributed by atoms with E-state index >= 15 is 0 Å². The van der Waals surface area contributed by atoms with Gasteiger partial charge in [0.15, 0.2) is 62.0 Å². The quantitative estimate of drug-likeness (QED) is 0.0115. The maximum Gasteiger partial charge on any atom is 0.462 e. The van der Waals surface area contributed by atoms with Gasteiger partial charge in [-0.2, -0.15) is 74.6 Å². The van der Waals surface area contributed by atoms with Crippen molar-refractivity contribution in [1.29, 1.82) is 0 Å². The maximum absolute atomic E-state index is 14.3. The average Bonchev–Trinajstić information content (AvgIpc) is 0.752. The number of alkyl halides is 19. The van der Waals surface area contributed by atoms with Crippen molar-refractivity contribution in [2.45, 2.75) is 418 Å². The third-order valence-electron chi connectivity index (χ3n) is 22.7. The Balaban J connectivity index is -0.000000572. The molecule has 794 valence electrons. The van der Waals surface area contributed by atoms with E-state index in [-0.39, 0.29) is 12.5 Å². The minimum atomic E-state index is -7.12. The highest BCUT2D eigenvalue weighted by atomic mass is 29.3. The van der Waals surface area contributed by atoms with E-state index in [0.717, 1.165) is 98.5 Å². The van der Waals surface area contributed by atoms with Gasteiger partial charge in [0.25, 0.3) is 0 Å². The van der Waals surface area contributed by atoms with E-state index < -0.39 is 207 Å². The zero-order chi connectivity index (χ0) is 105. The van der Waals surface area contributed by atoms with Gasteiger partial charge < -0.3 is 34.2 Å². The molecular weight excluding hydrogens is 2050 g/mol. The Morgan fingerprint density at radius 2 is 0.697 bits per heavy atom. The van der Waals surface area contributed by atoms with Crippen LogP contribution in [-0.2, 0) is 72.8 Å². The van der Waals surface area contributed by atoms with Crippen molar-refractivity contribution in [3.8, 4) is 0 Å². The SMILES string of the molecule is CCCC[Si](C)(C)O[SiH](C)OO[Si](C)(CCCC)O[Si](C)(C)[Si](C)(C)CCCC.CCCC[Si](C)(C)O[SiH](C)OO[Si](C)(CCCCc1cccc(N(C)C(=O)F)c1)O[Si](C)(C)[Si](C)(C)CCCC.CCCC[Si](C)(OO[SiH](C)O[Si](C)(C)CCCOCC(F)(OC(F)(F)C(F)(F)C(F)(F)F)C(F)(F)F)O[Si](C)(C)[Si](C)(C)CCCC.FCC(F)(F)F.FCOCC(F)(F)F.FF. The molecule has 0 radical (unpaired) electrons. The highest BCUT2D eigenvalue weighted by Gasteiger charge is 2.78. The van der Waals surface area contributed by atoms with Gasteiger partial charge in [-0.25, -0.2) is 13.6 Å². The Morgan fingerprint density at radius 3 is 0.970 bits per heavy atom. The lowest BCUT2D eigenvalue weighted by Gasteiger charge is -2.43. The lowest BCUT2D eigenvalue weighted by Crippen LogP contribution is -2.62. The van der Waals surface area contributed by atoms with E-state index in [1.54, 1.807) is 25.7 Å². The third-order valence-corrected chi connectivity index (χ3v) is 106. The fourth-order valence-electron chi connectivity index (χ4n) is 12.8. The monoisotopic (exact) mass is 2210 g/mol. The first-order valence-electron chi connectivity index (χ1n) is 45.7. The number of hydrogen-bond donors (Lipinski definition) is 0. The second kappa shape index (κ2) is 63.8. The molecule has 0 saturated heterocycles. The first kappa shape index (κ1) is 140. The largest absolute Gasteiger partial charge is 0.462 e. The van der Waals surface area contributed by atoms with Gasteiger partial charge in [0.1, 0.15) is 13.2 Å². The van der Waals surface area contributed by atoms with E-state index in [0.29, 0.717) is 5.69 Å². The van der Waals surface area contributed by atoms with E-state index in [4.69, 9.17) is 61.3 Å². The smallest absolute Gasteiger partial charge is 0.437 e. The van der Waals surface area contributed by atoms with Gasteiger partial charge in [0.2, 0.25) is 0 Å². The molecule has 54 heteroatoms. The number of halogens is 22. The average molecular weight is 2210 g/mol. The fourth-order valence-corrected chi connectivity index (χ4v) is 79.8. The molecule has 0 aliphatic rings. The molecule has 7 atom stereocenters. The molecule has 0 aromatic heterocycles. The van der Waals surface area contributed by atoms with Gasteiger partial charge in [0.05, 0.1) is 22.8 Å². The summed E-state index contributed by atoms with van der Waals surface area (Å²) in [5.41, 5.74) is 1.66. The molecule has 132 heavy (non-hydrogen) atoms. The second-order valence-electron chi connectivity index (χ2n) is 39.1. The first-order chi connectivity index (χ1) is 59.7. The van der Waals surface area contributed by atoms with Crippen LogP contribution >= 0.6 is 0 Å². The number of rotatable bonds is 62. The number of anilines is 1. The number of ether oxygens (including phenoxy) is 3. The normalized spacial score (nSPS) is 15.9. The van der Waals surface area contributed by atoms with Gasteiger partial charge in [0, 0.05) is 28.5 Å². The number of carbonyl (C=O) groups excluding carboxylic acids is 1. The van der Waals surface area contributed by atoms with Crippen LogP contribution in [0.25, 0.3) is 0 Å². The second-order valence-corrected chi connectivity index (χ2v) is 114. The molecule has 0 fully saturated rings. The van der Waals surface area contributed by atoms with Gasteiger partial charge in [-0.15, -0.1) is 4.39 Å². The molecule has 1 amide bonds. The highest BCUT2D eigenvalue weighted by Crippen LogP contribution is 2.51. The summed E-state index contributed by atoms with van der Waals surface area (Å²) in [6.07, 6.45) is -12.0. The van der Waals surface area contributed by atoms with Gasteiger partial charge >= 0.3 is 102 Å². The Hall–Kier alpha value is -0.197. The molecule has 0 heterocycles. The number of benzene rings is 1. The molecule has 1 aromatic carbocycles. The summed E-state index contributed by atoms with van der Waals surface area (Å²) in [6.45, 7) is 60.9. The molecule has 1 aromatic rings. The van der Waals surface area contributed by atoms with Crippen LogP contribution in [0.5, 0.6) is 0 Å². The molecule has 0 aliphatic heterocycles. The van der Waals surface area contributed by atoms with Crippen molar-refractivity contribution < 1.29 is 168 Å². The molecular formula is C78H167F22NO16Si15. The summed E-state index contributed by atoms with van der Waals surface area (Å²) < 4.78 is 345. The molecule has 0 spiro atoms. The number of nitrogens with zero attached hydrogens (tertiary/aromatic N) is 1. The topological polar surface area (TPSA) is 159 Å². The lowest BCUT2D eigenvalue weighted by molar-refractivity contribution is -0.486. The number of amides is 1. The first-order valence-corrected chi connectivity index (χ1v) is 90.3. The molecule has 1 rings (SSSR count). The number of unbranched alkanes of at least 4 members (excludes halogenated alkanes) is 8. The zero-order valence-corrected chi connectivity index (χ0v) is 100. The van der Waals surface area contributed by atoms with Crippen LogP contribution in [0.4, 0.5) is 107 Å². The Morgan fingerprint density at radius 1 is 0.394 bits per heavy atom. The fraction of sp³-hybridized carbons (Fsp3) is 0.910. The summed E-state index contributed by atoms with van der Waals surface area (Å²) in [6, 6.07) is 16.4. The zero-order valence-electron chi connectivity index (χ0n) is 85.0. The molecule has 0 N–H and O–H groups in total. The molecule has 0 saturated carbocycles. The van der Waals surface area contributed by atoms with Crippen molar-refractivity contribution in [1.82, 2.24) is 0 Å². The van der Waals surface area contributed by atoms with Crippen LogP contribution in [0.3, 0.4) is 0 Å². The van der Waals surface area contributed by atoms with E-state index in [9.17, 15) is 92.6 Å². The Bertz CT molecular complexity index is 3190. The van der Waals surface area contributed by atoms with Gasteiger partial charge in [-0.05, 0) is 191 Å². The number of hydrogen-bond acceptors (Lipinski definition) is 16. The van der Waals surface area contributed by atoms with Crippen molar-refractivity contribution in [3.05, 3.63) is 29.8 Å². The summed E-state index contributed by atoms with van der Waals surface area (Å²) in [4.78, 5) is 12.2. The van der Waals surface area contributed by atoms with E-state index in [2.05, 4.69) is 194 Å². The molecule has 7 unspecified atom stereocenters. The summed E-state index contributed by atoms with van der Waals surface area (Å²) in [7, 11) is -29.2. The van der Waals surface area contributed by atoms with Crippen LogP contribution in [-0.4, -0.2) is 214 Å². The molecule has 17 nitrogen and oxygen atoms in total. The summed E-state index contributed by atoms with van der Waals surface area (Å²) in [5, 5.41) is 0. The third kappa shape index (κ3) is 59.8. The number of aryl methyl sites for hydroxylation is 1. The minimum Gasteiger partial charge on any atom is -0.437 e. The van der Waals surface area contributed by atoms with Crippen molar-refractivity contribution in [2.24, 2.45) is 0 Å². The molecule has 0 aliphatic carbocycles. The highest BCUT2D eigenvalue weighted by molar-refractivity contribution is 7.40. The van der Waals surface area contributed by atoms with E-state index in [1.807, 2.05) is 24.7 Å². The maximum atomic E-state index is 14.3. The van der Waals surface area contributed by atoms with Gasteiger partial charge in [-0.1, -0.05) is 214 Å². The standard InChI is InChI=1S/C28H58FNO5Si5.C25H51F11O6Si5.C20H52O4Si5.C3H4F4O.C2H2F4.F2/c1-12-14-22-37(5,6)34-36(4)32-33-40(11,35-39(9,10)38(7,8)23-15-13-2)24-17-16-19-26-20-18-21-27(25-26)30(3)28(29)31;1-11-13-18-45(6,7)46(8,9)42-47(10,19-14-12-2)40-39-43(3)41-44(4,5)17-15-16-37-20-21(26,23(29,30)31)38-25(35,36)22(27,28)24(32,33)34;1-12-15-18-26(5,6)23-25(4)21-22-29(11,20-17-14-3)24-28(9,10)27(7,8)19-16-13-2;4-2-8-1-3(5,6)7;3-1-2(4,5)6;1-2/h18,20-21,25,36H,12-17,19,22-24H2,1-11H3;43H,11-20H2,1-10H3;25H,12-20H2,1-11H3;1-2H2;1H2;. The predicted molar refractivity (Wildman–Crippen MR) is 521 cm³/mol. The van der Waals surface area contributed by atoms with Crippen LogP contribution in [0.1, 0.15) is 163 Å². The van der Waals surface area contributed by atoms with Crippen LogP contribution in [0.2, 0.25) is 212 Å². The van der Waals surface area contributed by atoms with Crippen molar-refractivity contribution in [3.63, 3.8) is 0 Å². The van der Waals surface area contributed by atoms with Crippen molar-refractivity contribution in [2.75, 3.05) is 45.3 Å². The molecule has 0 bridgehead atoms.